The minimum Gasteiger partial charge on any atom is -0.324 e. The van der Waals surface area contributed by atoms with Gasteiger partial charge in [-0.3, -0.25) is 4.79 Å². The van der Waals surface area contributed by atoms with Crippen LogP contribution in [0.2, 0.25) is 0 Å². The van der Waals surface area contributed by atoms with E-state index in [0.29, 0.717) is 0 Å². The van der Waals surface area contributed by atoms with E-state index >= 15 is 0 Å². The van der Waals surface area contributed by atoms with Gasteiger partial charge < -0.3 is 16.0 Å². The summed E-state index contributed by atoms with van der Waals surface area (Å²) in [4.78, 5) is 14.2. The monoisotopic (exact) mass is 247 g/mol. The van der Waals surface area contributed by atoms with Gasteiger partial charge in [0.15, 0.2) is 0 Å². The first kappa shape index (κ1) is 13.1. The fraction of sp³-hybridized carbons (Fsp3) is 0.500. The van der Waals surface area contributed by atoms with Crippen LogP contribution in [-0.2, 0) is 11.3 Å². The molecule has 18 heavy (non-hydrogen) atoms. The van der Waals surface area contributed by atoms with Crippen LogP contribution in [0.15, 0.2) is 24.3 Å². The van der Waals surface area contributed by atoms with Crippen LogP contribution in [-0.4, -0.2) is 30.4 Å². The van der Waals surface area contributed by atoms with Crippen molar-refractivity contribution >= 4 is 11.6 Å². The van der Waals surface area contributed by atoms with Crippen molar-refractivity contribution in [2.45, 2.75) is 31.3 Å². The molecule has 0 atom stereocenters. The van der Waals surface area contributed by atoms with Crippen molar-refractivity contribution in [1.82, 2.24) is 4.90 Å². The Morgan fingerprint density at radius 1 is 1.39 bits per heavy atom. The van der Waals surface area contributed by atoms with Crippen LogP contribution in [0.1, 0.15) is 24.8 Å². The molecule has 98 valence electrons. The number of nitrogens with two attached hydrogens (primary N) is 1. The second-order valence-electron chi connectivity index (χ2n) is 5.36. The van der Waals surface area contributed by atoms with E-state index < -0.39 is 5.54 Å². The Morgan fingerprint density at radius 3 is 2.61 bits per heavy atom. The van der Waals surface area contributed by atoms with Crippen LogP contribution >= 0.6 is 0 Å². The summed E-state index contributed by atoms with van der Waals surface area (Å²) in [6.07, 6.45) is 2.62. The van der Waals surface area contributed by atoms with Crippen molar-refractivity contribution < 1.29 is 4.79 Å². The first-order valence-corrected chi connectivity index (χ1v) is 6.34. The quantitative estimate of drug-likeness (QED) is 0.849. The van der Waals surface area contributed by atoms with Gasteiger partial charge in [0.2, 0.25) is 5.91 Å². The summed E-state index contributed by atoms with van der Waals surface area (Å²) in [6.45, 7) is 0.800. The Hall–Kier alpha value is -1.39. The van der Waals surface area contributed by atoms with E-state index in [9.17, 15) is 4.79 Å². The predicted molar refractivity (Wildman–Crippen MR) is 73.2 cm³/mol. The summed E-state index contributed by atoms with van der Waals surface area (Å²) in [5.41, 5.74) is 7.35. The molecule has 1 aliphatic rings. The van der Waals surface area contributed by atoms with E-state index in [2.05, 4.69) is 10.2 Å². The van der Waals surface area contributed by atoms with E-state index in [0.717, 1.165) is 37.1 Å². The third-order valence-corrected chi connectivity index (χ3v) is 3.45. The number of benzene rings is 1. The molecule has 0 saturated heterocycles. The Morgan fingerprint density at radius 2 is 2.06 bits per heavy atom. The van der Waals surface area contributed by atoms with Crippen LogP contribution in [0.25, 0.3) is 0 Å². The van der Waals surface area contributed by atoms with Gasteiger partial charge in [0, 0.05) is 12.2 Å². The molecule has 1 aliphatic carbocycles. The van der Waals surface area contributed by atoms with Gasteiger partial charge in [-0.15, -0.1) is 0 Å². The zero-order valence-electron chi connectivity index (χ0n) is 11.1. The zero-order chi connectivity index (χ0) is 13.2. The first-order valence-electron chi connectivity index (χ1n) is 6.34. The number of carbonyl (C=O) groups is 1. The molecule has 0 aromatic heterocycles. The summed E-state index contributed by atoms with van der Waals surface area (Å²) in [5, 5.41) is 2.97. The second kappa shape index (κ2) is 5.08. The molecule has 3 N–H and O–H groups in total. The highest BCUT2D eigenvalue weighted by Crippen LogP contribution is 2.30. The fourth-order valence-electron chi connectivity index (χ4n) is 2.15. The lowest BCUT2D eigenvalue weighted by atomic mass is 9.77. The average Bonchev–Trinajstić information content (AvgIpc) is 2.27. The Bertz CT molecular complexity index is 438. The van der Waals surface area contributed by atoms with Crippen molar-refractivity contribution in [1.29, 1.82) is 0 Å². The van der Waals surface area contributed by atoms with E-state index in [4.69, 9.17) is 5.73 Å². The van der Waals surface area contributed by atoms with E-state index in [1.165, 1.54) is 0 Å². The maximum absolute atomic E-state index is 12.1. The van der Waals surface area contributed by atoms with Crippen LogP contribution in [0.4, 0.5) is 5.69 Å². The molecule has 0 spiro atoms. The van der Waals surface area contributed by atoms with Crippen LogP contribution in [0, 0.1) is 0 Å². The van der Waals surface area contributed by atoms with Gasteiger partial charge in [0.25, 0.3) is 0 Å². The Balaban J connectivity index is 2.11. The van der Waals surface area contributed by atoms with Crippen LogP contribution in [0.5, 0.6) is 0 Å². The molecule has 1 saturated carbocycles. The maximum atomic E-state index is 12.1. The number of amides is 1. The summed E-state index contributed by atoms with van der Waals surface area (Å²) in [5.74, 6) is -0.0556. The molecule has 1 amide bonds. The lowest BCUT2D eigenvalue weighted by Gasteiger charge is -2.36. The Kier molecular flexibility index (Phi) is 3.68. The first-order chi connectivity index (χ1) is 8.51. The minimum absolute atomic E-state index is 0.0556. The van der Waals surface area contributed by atoms with Crippen molar-refractivity contribution in [3.63, 3.8) is 0 Å². The van der Waals surface area contributed by atoms with Gasteiger partial charge in [0.1, 0.15) is 0 Å². The number of anilines is 1. The highest BCUT2D eigenvalue weighted by atomic mass is 16.2. The lowest BCUT2D eigenvalue weighted by molar-refractivity contribution is -0.123. The standard InChI is InChI=1S/C14H21N3O/c1-17(2)10-11-6-3-4-7-12(11)16-13(18)14(15)8-5-9-14/h3-4,6-7H,5,8-10,15H2,1-2H3,(H,16,18). The van der Waals surface area contributed by atoms with Crippen molar-refractivity contribution in [3.8, 4) is 0 Å². The molecule has 2 rings (SSSR count). The van der Waals surface area contributed by atoms with Crippen LogP contribution in [0.3, 0.4) is 0 Å². The third-order valence-electron chi connectivity index (χ3n) is 3.45. The number of nitrogens with one attached hydrogen (secondary N) is 1. The molecule has 4 heteroatoms. The van der Waals surface area contributed by atoms with Crippen LogP contribution < -0.4 is 11.1 Å². The summed E-state index contributed by atoms with van der Waals surface area (Å²) in [7, 11) is 4.02. The van der Waals surface area contributed by atoms with Gasteiger partial charge in [-0.25, -0.2) is 0 Å². The molecule has 0 aliphatic heterocycles. The molecule has 0 bridgehead atoms. The Labute approximate surface area is 108 Å². The highest BCUT2D eigenvalue weighted by Gasteiger charge is 2.40. The summed E-state index contributed by atoms with van der Waals surface area (Å²) < 4.78 is 0. The molecule has 1 aromatic carbocycles. The third kappa shape index (κ3) is 2.71. The van der Waals surface area contributed by atoms with Gasteiger partial charge in [0.05, 0.1) is 5.54 Å². The minimum atomic E-state index is -0.648. The van der Waals surface area contributed by atoms with Gasteiger partial charge in [-0.05, 0) is 45.0 Å². The van der Waals surface area contributed by atoms with Gasteiger partial charge in [-0.1, -0.05) is 18.2 Å². The largest absolute Gasteiger partial charge is 0.324 e. The lowest BCUT2D eigenvalue weighted by Crippen LogP contribution is -2.56. The molecule has 0 radical (unpaired) electrons. The number of para-hydroxylation sites is 1. The molecule has 0 unspecified atom stereocenters. The van der Waals surface area contributed by atoms with E-state index in [-0.39, 0.29) is 5.91 Å². The van der Waals surface area contributed by atoms with Gasteiger partial charge >= 0.3 is 0 Å². The van der Waals surface area contributed by atoms with E-state index in [1.807, 2.05) is 38.4 Å². The van der Waals surface area contributed by atoms with Gasteiger partial charge in [-0.2, -0.15) is 0 Å². The highest BCUT2D eigenvalue weighted by molar-refractivity contribution is 5.99. The second-order valence-corrected chi connectivity index (χ2v) is 5.36. The molecule has 0 heterocycles. The SMILES string of the molecule is CN(C)Cc1ccccc1NC(=O)C1(N)CCC1. The van der Waals surface area contributed by atoms with Crippen molar-refractivity contribution in [2.75, 3.05) is 19.4 Å². The molecular weight excluding hydrogens is 226 g/mol. The normalized spacial score (nSPS) is 17.3. The van der Waals surface area contributed by atoms with Crippen molar-refractivity contribution in [3.05, 3.63) is 29.8 Å². The number of rotatable bonds is 4. The zero-order valence-corrected chi connectivity index (χ0v) is 11.1. The smallest absolute Gasteiger partial charge is 0.244 e. The number of hydrogen-bond acceptors (Lipinski definition) is 3. The maximum Gasteiger partial charge on any atom is 0.244 e. The van der Waals surface area contributed by atoms with Crippen molar-refractivity contribution in [2.24, 2.45) is 5.73 Å². The number of hydrogen-bond donors (Lipinski definition) is 2. The fourth-order valence-corrected chi connectivity index (χ4v) is 2.15. The molecule has 4 nitrogen and oxygen atoms in total. The number of nitrogens with zero attached hydrogens (tertiary/aromatic N) is 1. The molecule has 1 fully saturated rings. The topological polar surface area (TPSA) is 58.4 Å². The molecule has 1 aromatic rings. The number of carbonyl (C=O) groups excluding carboxylic acids is 1. The van der Waals surface area contributed by atoms with E-state index in [1.54, 1.807) is 0 Å². The average molecular weight is 247 g/mol. The summed E-state index contributed by atoms with van der Waals surface area (Å²) in [6, 6.07) is 7.87. The predicted octanol–water partition coefficient (Wildman–Crippen LogP) is 1.57. The molecular formula is C14H21N3O. The summed E-state index contributed by atoms with van der Waals surface area (Å²) >= 11 is 0.